The maximum Gasteiger partial charge on any atom is 0.277 e. The van der Waals surface area contributed by atoms with Gasteiger partial charge in [0.05, 0.1) is 29.3 Å². The van der Waals surface area contributed by atoms with Crippen LogP contribution in [0.5, 0.6) is 5.75 Å². The Labute approximate surface area is 238 Å². The first-order valence-corrected chi connectivity index (χ1v) is 16.0. The normalized spacial score (nSPS) is 12.8. The van der Waals surface area contributed by atoms with Crippen molar-refractivity contribution in [1.82, 2.24) is 24.5 Å². The minimum Gasteiger partial charge on any atom is -0.493 e. The molecule has 0 saturated carbocycles. The van der Waals surface area contributed by atoms with Crippen molar-refractivity contribution in [2.45, 2.75) is 72.6 Å². The summed E-state index contributed by atoms with van der Waals surface area (Å²) in [4.78, 5) is 22.8. The molecule has 0 bridgehead atoms. The number of rotatable bonds is 16. The molecular formula is C29H46N6O4S. The quantitative estimate of drug-likeness (QED) is 0.248. The first-order chi connectivity index (χ1) is 19.0. The van der Waals surface area contributed by atoms with Gasteiger partial charge in [0.2, 0.25) is 10.0 Å². The highest BCUT2D eigenvalue weighted by atomic mass is 32.2. The highest BCUT2D eigenvalue weighted by Crippen LogP contribution is 2.33. The zero-order valence-electron chi connectivity index (χ0n) is 25.2. The molecule has 0 aliphatic carbocycles. The number of H-pyrrole nitrogens is 1. The second kappa shape index (κ2) is 14.1. The largest absolute Gasteiger partial charge is 0.493 e. The molecule has 2 heterocycles. The Bertz CT molecular complexity index is 1430. The first kappa shape index (κ1) is 31.6. The van der Waals surface area contributed by atoms with Crippen molar-refractivity contribution in [1.29, 1.82) is 0 Å². The third kappa shape index (κ3) is 7.63. The molecule has 11 heteroatoms. The average molecular weight is 575 g/mol. The lowest BCUT2D eigenvalue weighted by molar-refractivity contribution is 0.318. The van der Waals surface area contributed by atoms with E-state index in [1.807, 2.05) is 32.8 Å². The van der Waals surface area contributed by atoms with Gasteiger partial charge in [-0.1, -0.05) is 52.9 Å². The highest BCUT2D eigenvalue weighted by molar-refractivity contribution is 7.92. The number of nitrogens with zero attached hydrogens (tertiary/aromatic N) is 5. The minimum absolute atomic E-state index is 0.0184. The lowest BCUT2D eigenvalue weighted by Crippen LogP contribution is -2.33. The predicted molar refractivity (Wildman–Crippen MR) is 162 cm³/mol. The van der Waals surface area contributed by atoms with Crippen LogP contribution in [-0.2, 0) is 16.4 Å². The van der Waals surface area contributed by atoms with Gasteiger partial charge < -0.3 is 14.6 Å². The second-order valence-electron chi connectivity index (χ2n) is 10.8. The fourth-order valence-corrected chi connectivity index (χ4v) is 6.02. The van der Waals surface area contributed by atoms with Gasteiger partial charge in [-0.2, -0.15) is 0 Å². The molecule has 10 nitrogen and oxygen atoms in total. The molecule has 1 atom stereocenters. The summed E-state index contributed by atoms with van der Waals surface area (Å²) in [5.74, 6) is 2.03. The first-order valence-electron chi connectivity index (χ1n) is 14.4. The van der Waals surface area contributed by atoms with Gasteiger partial charge in [-0.15, -0.1) is 5.10 Å². The van der Waals surface area contributed by atoms with Crippen LogP contribution in [0.3, 0.4) is 0 Å². The average Bonchev–Trinajstić information content (AvgIpc) is 3.24. The number of aromatic nitrogens is 4. The lowest BCUT2D eigenvalue weighted by atomic mass is 9.95. The van der Waals surface area contributed by atoms with Crippen LogP contribution in [0.25, 0.3) is 16.9 Å². The van der Waals surface area contributed by atoms with Crippen molar-refractivity contribution in [3.05, 3.63) is 40.1 Å². The van der Waals surface area contributed by atoms with Crippen LogP contribution in [-0.4, -0.2) is 72.9 Å². The Balaban J connectivity index is 2.09. The number of nitrogens with one attached hydrogen (secondary N) is 1. The summed E-state index contributed by atoms with van der Waals surface area (Å²) in [6.07, 6.45) is 7.22. The highest BCUT2D eigenvalue weighted by Gasteiger charge is 2.23. The van der Waals surface area contributed by atoms with E-state index >= 15 is 0 Å². The number of aromatic amines is 1. The van der Waals surface area contributed by atoms with Crippen molar-refractivity contribution in [2.24, 2.45) is 5.92 Å². The Kier molecular flexibility index (Phi) is 11.2. The van der Waals surface area contributed by atoms with Gasteiger partial charge in [-0.25, -0.2) is 17.9 Å². The third-order valence-corrected chi connectivity index (χ3v) is 9.01. The molecule has 222 valence electrons. The number of hydrogen-bond acceptors (Lipinski definition) is 7. The van der Waals surface area contributed by atoms with Crippen LogP contribution in [0.1, 0.15) is 70.8 Å². The Morgan fingerprint density at radius 1 is 1.10 bits per heavy atom. The molecule has 0 radical (unpaired) electrons. The molecule has 2 aromatic heterocycles. The van der Waals surface area contributed by atoms with E-state index in [4.69, 9.17) is 14.8 Å². The molecule has 0 aliphatic heterocycles. The summed E-state index contributed by atoms with van der Waals surface area (Å²) < 4.78 is 35.0. The van der Waals surface area contributed by atoms with Crippen molar-refractivity contribution in [3.63, 3.8) is 0 Å². The molecule has 3 aromatic rings. The number of hydrogen-bond donors (Lipinski definition) is 1. The van der Waals surface area contributed by atoms with E-state index in [-0.39, 0.29) is 11.3 Å². The van der Waals surface area contributed by atoms with Crippen LogP contribution in [0, 0.1) is 12.8 Å². The zero-order valence-corrected chi connectivity index (χ0v) is 26.0. The Hall–Kier alpha value is -2.92. The number of aryl methyl sites for hydroxylation is 1. The van der Waals surface area contributed by atoms with E-state index < -0.39 is 10.0 Å². The van der Waals surface area contributed by atoms with E-state index in [0.29, 0.717) is 53.1 Å². The molecule has 3 rings (SSSR count). The van der Waals surface area contributed by atoms with Gasteiger partial charge >= 0.3 is 0 Å². The van der Waals surface area contributed by atoms with Crippen molar-refractivity contribution >= 4 is 21.2 Å². The van der Waals surface area contributed by atoms with Crippen molar-refractivity contribution in [2.75, 3.05) is 44.4 Å². The summed E-state index contributed by atoms with van der Waals surface area (Å²) in [5, 5.41) is 4.85. The molecule has 0 amide bonds. The van der Waals surface area contributed by atoms with Crippen molar-refractivity contribution < 1.29 is 13.2 Å². The summed E-state index contributed by atoms with van der Waals surface area (Å²) in [6.45, 7) is 9.11. The number of sulfonamides is 1. The lowest BCUT2D eigenvalue weighted by Gasteiger charge is -2.22. The fourth-order valence-electron chi connectivity index (χ4n) is 4.71. The van der Waals surface area contributed by atoms with E-state index in [1.54, 1.807) is 22.7 Å². The van der Waals surface area contributed by atoms with Gasteiger partial charge in [0.15, 0.2) is 11.3 Å². The smallest absolute Gasteiger partial charge is 0.277 e. The number of benzene rings is 1. The molecule has 1 unspecified atom stereocenters. The summed E-state index contributed by atoms with van der Waals surface area (Å²) in [5.41, 5.74) is 1.76. The zero-order chi connectivity index (χ0) is 29.4. The SMILES string of the molecule is CCCCCC(CC)Cc1nc(C)c2c(=O)[nH]c(-c3cc(N(C)S(=O)(=O)CCN(C)C)ccc3OCCC)nn12. The standard InChI is InChI=1S/C29H46N6O4S/c1-8-11-12-13-22(10-3)19-26-30-21(4)27-29(36)31-28(32-35(26)27)24-20-23(14-15-25(24)39-17-9-2)34(7)40(37,38)18-16-33(5)6/h14-15,20,22H,8-13,16-19H2,1-7H3,(H,31,32,36). The van der Waals surface area contributed by atoms with E-state index in [2.05, 4.69) is 18.8 Å². The van der Waals surface area contributed by atoms with Crippen LogP contribution in [0.4, 0.5) is 5.69 Å². The number of fused-ring (bicyclic) bond motifs is 1. The molecule has 1 N–H and O–H groups in total. The van der Waals surface area contributed by atoms with Gasteiger partial charge in [0.1, 0.15) is 11.6 Å². The second-order valence-corrected chi connectivity index (χ2v) is 12.9. The molecule has 1 aromatic carbocycles. The molecule has 0 spiro atoms. The minimum atomic E-state index is -3.57. The summed E-state index contributed by atoms with van der Waals surface area (Å²) >= 11 is 0. The van der Waals surface area contributed by atoms with E-state index in [0.717, 1.165) is 31.5 Å². The molecule has 0 aliphatic rings. The van der Waals surface area contributed by atoms with Gasteiger partial charge in [-0.05, 0) is 51.6 Å². The van der Waals surface area contributed by atoms with Crippen LogP contribution >= 0.6 is 0 Å². The molecule has 0 fully saturated rings. The number of imidazole rings is 1. The van der Waals surface area contributed by atoms with E-state index in [1.165, 1.54) is 30.6 Å². The van der Waals surface area contributed by atoms with Gasteiger partial charge in [0, 0.05) is 20.0 Å². The summed E-state index contributed by atoms with van der Waals surface area (Å²) in [6, 6.07) is 5.17. The van der Waals surface area contributed by atoms with Gasteiger partial charge in [0.25, 0.3) is 5.56 Å². The fraction of sp³-hybridized carbons (Fsp3) is 0.621. The molecule has 40 heavy (non-hydrogen) atoms. The predicted octanol–water partition coefficient (Wildman–Crippen LogP) is 4.66. The number of unbranched alkanes of at least 4 members (excludes halogenated alkanes) is 2. The van der Waals surface area contributed by atoms with Crippen LogP contribution in [0.15, 0.2) is 23.0 Å². The number of anilines is 1. The summed E-state index contributed by atoms with van der Waals surface area (Å²) in [7, 11) is 1.65. The molecule has 0 saturated heterocycles. The monoisotopic (exact) mass is 574 g/mol. The van der Waals surface area contributed by atoms with Crippen LogP contribution < -0.4 is 14.6 Å². The van der Waals surface area contributed by atoms with E-state index in [9.17, 15) is 13.2 Å². The topological polar surface area (TPSA) is 113 Å². The maximum absolute atomic E-state index is 13.3. The van der Waals surface area contributed by atoms with Gasteiger partial charge in [-0.3, -0.25) is 9.10 Å². The third-order valence-electron chi connectivity index (χ3n) is 7.26. The number of ether oxygens (including phenoxy) is 1. The molecular weight excluding hydrogens is 528 g/mol. The maximum atomic E-state index is 13.3. The van der Waals surface area contributed by atoms with Crippen molar-refractivity contribution in [3.8, 4) is 17.1 Å². The Morgan fingerprint density at radius 3 is 2.50 bits per heavy atom. The van der Waals surface area contributed by atoms with Crippen LogP contribution in [0.2, 0.25) is 0 Å². The Morgan fingerprint density at radius 2 is 1.85 bits per heavy atom.